The molecule has 3 aromatic rings. The summed E-state index contributed by atoms with van der Waals surface area (Å²) in [5, 5.41) is 11.0. The van der Waals surface area contributed by atoms with Crippen molar-refractivity contribution in [2.45, 2.75) is 53.1 Å². The van der Waals surface area contributed by atoms with Crippen molar-refractivity contribution in [1.29, 1.82) is 5.26 Å². The molecule has 0 saturated heterocycles. The molecule has 1 aromatic heterocycles. The molecule has 198 valence electrons. The number of nitrogens with zero attached hydrogens (tertiary/aromatic N) is 3. The van der Waals surface area contributed by atoms with Gasteiger partial charge in [-0.05, 0) is 66.6 Å². The van der Waals surface area contributed by atoms with Crippen LogP contribution in [0.25, 0.3) is 0 Å². The molecule has 0 radical (unpaired) electrons. The minimum Gasteiger partial charge on any atom is -0.487 e. The number of aryl methyl sites for hydroxylation is 1. The first kappa shape index (κ1) is 26.5. The van der Waals surface area contributed by atoms with Crippen LogP contribution >= 0.6 is 11.6 Å². The van der Waals surface area contributed by atoms with Gasteiger partial charge in [0.25, 0.3) is 0 Å². The number of hydrogen-bond donors (Lipinski definition) is 1. The van der Waals surface area contributed by atoms with E-state index in [4.69, 9.17) is 22.1 Å². The minimum absolute atomic E-state index is 0.0372. The highest BCUT2D eigenvalue weighted by Gasteiger charge is 2.45. The molecule has 7 heteroatoms. The predicted molar refractivity (Wildman–Crippen MR) is 153 cm³/mol. The second-order valence-corrected chi connectivity index (χ2v) is 11.5. The van der Waals surface area contributed by atoms with Crippen LogP contribution in [-0.4, -0.2) is 10.8 Å². The van der Waals surface area contributed by atoms with E-state index in [1.807, 2.05) is 49.1 Å². The van der Waals surface area contributed by atoms with Crippen LogP contribution in [0.5, 0.6) is 5.75 Å². The lowest BCUT2D eigenvalue weighted by Gasteiger charge is -2.44. The molecule has 1 atom stereocenters. The van der Waals surface area contributed by atoms with Gasteiger partial charge in [-0.15, -0.1) is 0 Å². The van der Waals surface area contributed by atoms with Gasteiger partial charge in [0.15, 0.2) is 5.78 Å². The van der Waals surface area contributed by atoms with E-state index in [0.717, 1.165) is 33.6 Å². The quantitative estimate of drug-likeness (QED) is 0.381. The molecule has 0 saturated carbocycles. The number of para-hydroxylation sites is 1. The van der Waals surface area contributed by atoms with Crippen molar-refractivity contribution in [3.05, 3.63) is 111 Å². The van der Waals surface area contributed by atoms with Gasteiger partial charge in [0.2, 0.25) is 0 Å². The highest BCUT2D eigenvalue weighted by atomic mass is 35.5. The molecule has 39 heavy (non-hydrogen) atoms. The summed E-state index contributed by atoms with van der Waals surface area (Å²) in [6.07, 6.45) is 4.44. The lowest BCUT2D eigenvalue weighted by molar-refractivity contribution is -0.118. The van der Waals surface area contributed by atoms with Crippen LogP contribution in [0.4, 0.5) is 5.69 Å². The van der Waals surface area contributed by atoms with Gasteiger partial charge in [-0.1, -0.05) is 55.3 Å². The molecule has 0 spiro atoms. The van der Waals surface area contributed by atoms with E-state index < -0.39 is 5.92 Å². The number of halogens is 1. The van der Waals surface area contributed by atoms with Crippen LogP contribution < -0.4 is 15.4 Å². The molecule has 0 amide bonds. The fourth-order valence-corrected chi connectivity index (χ4v) is 5.92. The normalized spacial score (nSPS) is 18.6. The van der Waals surface area contributed by atoms with Crippen molar-refractivity contribution in [3.63, 3.8) is 0 Å². The number of pyridine rings is 1. The minimum atomic E-state index is -0.569. The fourth-order valence-electron chi connectivity index (χ4n) is 5.73. The van der Waals surface area contributed by atoms with Gasteiger partial charge in [-0.2, -0.15) is 5.26 Å². The van der Waals surface area contributed by atoms with Gasteiger partial charge < -0.3 is 10.5 Å². The molecule has 0 fully saturated rings. The maximum absolute atomic E-state index is 13.9. The highest BCUT2D eigenvalue weighted by Crippen LogP contribution is 2.50. The summed E-state index contributed by atoms with van der Waals surface area (Å²) in [6.45, 7) is 8.50. The van der Waals surface area contributed by atoms with Crippen LogP contribution in [0, 0.1) is 30.6 Å². The first-order valence-corrected chi connectivity index (χ1v) is 13.3. The third-order valence-corrected chi connectivity index (χ3v) is 7.83. The van der Waals surface area contributed by atoms with Gasteiger partial charge in [-0.25, -0.2) is 0 Å². The van der Waals surface area contributed by atoms with Crippen LogP contribution in [0.15, 0.2) is 83.6 Å². The van der Waals surface area contributed by atoms with Crippen molar-refractivity contribution in [2.24, 2.45) is 11.1 Å². The predicted octanol–water partition coefficient (Wildman–Crippen LogP) is 6.87. The molecule has 5 rings (SSSR count). The molecule has 6 nitrogen and oxygen atoms in total. The van der Waals surface area contributed by atoms with Crippen molar-refractivity contribution in [1.82, 2.24) is 4.98 Å². The smallest absolute Gasteiger partial charge is 0.162 e. The number of Topliss-reactive ketones (excluding diaryl/α,β-unsaturated/α-hetero) is 1. The SMILES string of the molecule is Cc1cc(COc2ccccc2Cl)c(C)c(C2C(C#N)=C(N)N(c3cccnc3)C3=C2C(=O)CC(C)(C)C3)c1. The van der Waals surface area contributed by atoms with E-state index in [1.165, 1.54) is 0 Å². The molecule has 1 aliphatic carbocycles. The maximum Gasteiger partial charge on any atom is 0.162 e. The monoisotopic (exact) mass is 538 g/mol. The number of nitriles is 1. The van der Waals surface area contributed by atoms with E-state index in [-0.39, 0.29) is 11.2 Å². The summed E-state index contributed by atoms with van der Waals surface area (Å²) in [7, 11) is 0. The largest absolute Gasteiger partial charge is 0.487 e. The second-order valence-electron chi connectivity index (χ2n) is 11.0. The van der Waals surface area contributed by atoms with E-state index in [1.54, 1.807) is 18.5 Å². The average Bonchev–Trinajstić information content (AvgIpc) is 2.89. The number of aromatic nitrogens is 1. The third kappa shape index (κ3) is 4.91. The lowest BCUT2D eigenvalue weighted by atomic mass is 9.68. The van der Waals surface area contributed by atoms with Gasteiger partial charge >= 0.3 is 0 Å². The van der Waals surface area contributed by atoms with Gasteiger partial charge in [0, 0.05) is 23.9 Å². The summed E-state index contributed by atoms with van der Waals surface area (Å²) in [5.74, 6) is 0.396. The van der Waals surface area contributed by atoms with Crippen molar-refractivity contribution in [2.75, 3.05) is 4.90 Å². The Hall–Kier alpha value is -4.08. The van der Waals surface area contributed by atoms with Crippen LogP contribution in [0.3, 0.4) is 0 Å². The molecular weight excluding hydrogens is 508 g/mol. The highest BCUT2D eigenvalue weighted by molar-refractivity contribution is 6.32. The van der Waals surface area contributed by atoms with Crippen LogP contribution in [0.2, 0.25) is 5.02 Å². The Morgan fingerprint density at radius 2 is 1.95 bits per heavy atom. The van der Waals surface area contributed by atoms with Crippen molar-refractivity contribution >= 4 is 23.1 Å². The fraction of sp³-hybridized carbons (Fsp3) is 0.281. The number of anilines is 1. The van der Waals surface area contributed by atoms with Gasteiger partial charge in [-0.3, -0.25) is 14.7 Å². The summed E-state index contributed by atoms with van der Waals surface area (Å²) >= 11 is 6.31. The molecule has 2 heterocycles. The number of hydrogen-bond acceptors (Lipinski definition) is 6. The Balaban J connectivity index is 1.67. The zero-order valence-corrected chi connectivity index (χ0v) is 23.3. The molecule has 0 bridgehead atoms. The average molecular weight is 539 g/mol. The first-order valence-electron chi connectivity index (χ1n) is 12.9. The first-order chi connectivity index (χ1) is 18.6. The Bertz CT molecular complexity index is 1570. The Morgan fingerprint density at radius 1 is 1.18 bits per heavy atom. The summed E-state index contributed by atoms with van der Waals surface area (Å²) < 4.78 is 6.08. The third-order valence-electron chi connectivity index (χ3n) is 7.52. The molecule has 2 aromatic carbocycles. The zero-order valence-electron chi connectivity index (χ0n) is 22.6. The van der Waals surface area contributed by atoms with Crippen LogP contribution in [-0.2, 0) is 11.4 Å². The van der Waals surface area contributed by atoms with Crippen molar-refractivity contribution < 1.29 is 9.53 Å². The van der Waals surface area contributed by atoms with Crippen LogP contribution in [0.1, 0.15) is 54.9 Å². The number of carbonyl (C=O) groups is 1. The number of rotatable bonds is 5. The van der Waals surface area contributed by atoms with Gasteiger partial charge in [0.1, 0.15) is 18.2 Å². The van der Waals surface area contributed by atoms with Gasteiger partial charge in [0.05, 0.1) is 34.5 Å². The standard InChI is InChI=1S/C32H31ClN4O2/c1-19-12-21(18-39-28-10-6-5-9-25(28)33)20(2)23(13-19)29-24(16-34)31(35)37(22-8-7-11-36-17-22)26-14-32(3,4)15-27(38)30(26)29/h5-13,17,29H,14-15,18,35H2,1-4H3. The number of carbonyl (C=O) groups excluding carboxylic acids is 1. The van der Waals surface area contributed by atoms with E-state index in [0.29, 0.717) is 47.2 Å². The Labute approximate surface area is 234 Å². The number of ether oxygens (including phenoxy) is 1. The Kier molecular flexibility index (Phi) is 6.96. The van der Waals surface area contributed by atoms with Crippen molar-refractivity contribution in [3.8, 4) is 11.8 Å². The van der Waals surface area contributed by atoms with E-state index >= 15 is 0 Å². The molecular formula is C32H31ClN4O2. The zero-order chi connectivity index (χ0) is 27.9. The number of ketones is 1. The molecule has 2 N–H and O–H groups in total. The summed E-state index contributed by atoms with van der Waals surface area (Å²) in [4.78, 5) is 20.0. The number of benzene rings is 2. The topological polar surface area (TPSA) is 92.2 Å². The molecule has 1 aliphatic heterocycles. The number of nitrogens with two attached hydrogens (primary N) is 1. The van der Waals surface area contributed by atoms with E-state index in [2.05, 4.69) is 37.0 Å². The summed E-state index contributed by atoms with van der Waals surface area (Å²) in [6, 6.07) is 17.6. The molecule has 2 aliphatic rings. The maximum atomic E-state index is 13.9. The number of allylic oxidation sites excluding steroid dienone is 3. The Morgan fingerprint density at radius 3 is 2.64 bits per heavy atom. The lowest BCUT2D eigenvalue weighted by Crippen LogP contribution is -2.42. The summed E-state index contributed by atoms with van der Waals surface area (Å²) in [5.41, 5.74) is 12.9. The second kappa shape index (κ2) is 10.2. The van der Waals surface area contributed by atoms with E-state index in [9.17, 15) is 10.1 Å². The molecule has 1 unspecified atom stereocenters.